The summed E-state index contributed by atoms with van der Waals surface area (Å²) in [7, 11) is 0. The number of amides is 2. The molecule has 3 N–H and O–H groups in total. The second kappa shape index (κ2) is 5.70. The maximum atomic E-state index is 12.1. The van der Waals surface area contributed by atoms with E-state index in [9.17, 15) is 9.59 Å². The maximum Gasteiger partial charge on any atom is 0.262 e. The number of nitrogens with one attached hydrogen (secondary N) is 1. The summed E-state index contributed by atoms with van der Waals surface area (Å²) in [5, 5.41) is 2.45. The van der Waals surface area contributed by atoms with Crippen molar-refractivity contribution in [1.29, 1.82) is 0 Å². The highest BCUT2D eigenvalue weighted by Gasteiger charge is 2.44. The number of aliphatic imine (C=N–C) groups is 1. The predicted octanol–water partition coefficient (Wildman–Crippen LogP) is 2.01. The molecular formula is C16H17N3O4S. The van der Waals surface area contributed by atoms with E-state index in [1.165, 1.54) is 0 Å². The lowest BCUT2D eigenvalue weighted by Gasteiger charge is -2.21. The van der Waals surface area contributed by atoms with Gasteiger partial charge in [0.25, 0.3) is 11.7 Å². The Balaban J connectivity index is 1.40. The van der Waals surface area contributed by atoms with Crippen molar-refractivity contribution in [2.24, 2.45) is 10.7 Å². The molecule has 1 fully saturated rings. The van der Waals surface area contributed by atoms with Crippen LogP contribution >= 0.6 is 11.8 Å². The standard InChI is InChI=1S/C16H17N3O4S/c17-15-19-14(21)12(24-15)8-13(20)18-9-3-4-10-11(7-9)23-16(22-10)5-1-2-6-16/h3-4,7,12H,1-2,5-6,8H2,(H,18,20)(H2,17,19,21). The number of fused-ring (bicyclic) bond motifs is 1. The van der Waals surface area contributed by atoms with Gasteiger partial charge in [-0.2, -0.15) is 4.99 Å². The van der Waals surface area contributed by atoms with Crippen molar-refractivity contribution in [2.75, 3.05) is 5.32 Å². The minimum atomic E-state index is -0.541. The van der Waals surface area contributed by atoms with E-state index in [4.69, 9.17) is 15.2 Å². The van der Waals surface area contributed by atoms with Gasteiger partial charge in [0.15, 0.2) is 16.7 Å². The van der Waals surface area contributed by atoms with E-state index in [1.807, 2.05) is 0 Å². The van der Waals surface area contributed by atoms with Gasteiger partial charge in [-0.1, -0.05) is 11.8 Å². The molecule has 3 aliphatic rings. The van der Waals surface area contributed by atoms with Crippen LogP contribution in [-0.4, -0.2) is 28.0 Å². The highest BCUT2D eigenvalue weighted by Crippen LogP contribution is 2.47. The number of benzene rings is 1. The normalized spacial score (nSPS) is 23.6. The van der Waals surface area contributed by atoms with Gasteiger partial charge in [0, 0.05) is 31.0 Å². The summed E-state index contributed by atoms with van der Waals surface area (Å²) in [6, 6.07) is 5.33. The molecule has 1 aromatic carbocycles. The number of thioether (sulfide) groups is 1. The van der Waals surface area contributed by atoms with E-state index >= 15 is 0 Å². The van der Waals surface area contributed by atoms with Crippen LogP contribution in [0.3, 0.4) is 0 Å². The molecule has 2 aliphatic heterocycles. The summed E-state index contributed by atoms with van der Waals surface area (Å²) < 4.78 is 11.9. The SMILES string of the molecule is NC1=NC(=O)C(CC(=O)Nc2ccc3c(c2)OC2(CCCC2)O3)S1. The molecule has 2 heterocycles. The molecule has 1 unspecified atom stereocenters. The third-order valence-corrected chi connectivity index (χ3v) is 5.30. The van der Waals surface area contributed by atoms with E-state index in [1.54, 1.807) is 18.2 Å². The molecule has 0 saturated heterocycles. The molecule has 0 radical (unpaired) electrons. The first-order chi connectivity index (χ1) is 11.5. The van der Waals surface area contributed by atoms with Gasteiger partial charge in [0.1, 0.15) is 5.25 Å². The number of carbonyl (C=O) groups is 2. The topological polar surface area (TPSA) is 103 Å². The molecule has 1 atom stereocenters. The zero-order valence-corrected chi connectivity index (χ0v) is 13.7. The number of hydrogen-bond donors (Lipinski definition) is 2. The van der Waals surface area contributed by atoms with Gasteiger partial charge >= 0.3 is 0 Å². The summed E-state index contributed by atoms with van der Waals surface area (Å²) in [6.07, 6.45) is 3.98. The summed E-state index contributed by atoms with van der Waals surface area (Å²) >= 11 is 1.12. The van der Waals surface area contributed by atoms with Gasteiger partial charge in [-0.05, 0) is 25.0 Å². The van der Waals surface area contributed by atoms with Crippen LogP contribution in [0.4, 0.5) is 5.69 Å². The van der Waals surface area contributed by atoms with Crippen molar-refractivity contribution >= 4 is 34.4 Å². The van der Waals surface area contributed by atoms with E-state index in [2.05, 4.69) is 10.3 Å². The lowest BCUT2D eigenvalue weighted by atomic mass is 10.2. The second-order valence-electron chi connectivity index (χ2n) is 6.13. The van der Waals surface area contributed by atoms with Crippen molar-refractivity contribution in [2.45, 2.75) is 43.1 Å². The number of nitrogens with two attached hydrogens (primary N) is 1. The van der Waals surface area contributed by atoms with Gasteiger partial charge in [-0.15, -0.1) is 0 Å². The zero-order chi connectivity index (χ0) is 16.7. The Labute approximate surface area is 143 Å². The first-order valence-corrected chi connectivity index (χ1v) is 8.78. The van der Waals surface area contributed by atoms with Crippen LogP contribution in [0.5, 0.6) is 11.5 Å². The van der Waals surface area contributed by atoms with E-state index in [0.29, 0.717) is 17.2 Å². The third-order valence-electron chi connectivity index (χ3n) is 4.31. The fourth-order valence-corrected chi connectivity index (χ4v) is 4.02. The summed E-state index contributed by atoms with van der Waals surface area (Å²) in [5.41, 5.74) is 6.10. The molecule has 1 aliphatic carbocycles. The van der Waals surface area contributed by atoms with Crippen LogP contribution in [0.15, 0.2) is 23.2 Å². The van der Waals surface area contributed by atoms with Crippen LogP contribution < -0.4 is 20.5 Å². The molecule has 4 rings (SSSR count). The maximum absolute atomic E-state index is 12.1. The fourth-order valence-electron chi connectivity index (χ4n) is 3.20. The first-order valence-electron chi connectivity index (χ1n) is 7.90. The molecule has 0 aromatic heterocycles. The quantitative estimate of drug-likeness (QED) is 0.867. The zero-order valence-electron chi connectivity index (χ0n) is 12.9. The minimum Gasteiger partial charge on any atom is -0.448 e. The van der Waals surface area contributed by atoms with Crippen molar-refractivity contribution in [1.82, 2.24) is 0 Å². The van der Waals surface area contributed by atoms with Crippen molar-refractivity contribution in [3.8, 4) is 11.5 Å². The van der Waals surface area contributed by atoms with E-state index in [-0.39, 0.29) is 23.4 Å². The monoisotopic (exact) mass is 347 g/mol. The molecule has 1 saturated carbocycles. The van der Waals surface area contributed by atoms with Crippen molar-refractivity contribution < 1.29 is 19.1 Å². The van der Waals surface area contributed by atoms with Gasteiger partial charge in [0.05, 0.1) is 0 Å². The summed E-state index contributed by atoms with van der Waals surface area (Å²) in [5.74, 6) is 0.208. The second-order valence-corrected chi connectivity index (χ2v) is 7.35. The smallest absolute Gasteiger partial charge is 0.262 e. The Morgan fingerprint density at radius 1 is 1.33 bits per heavy atom. The van der Waals surface area contributed by atoms with Crippen molar-refractivity contribution in [3.05, 3.63) is 18.2 Å². The number of hydrogen-bond acceptors (Lipinski definition) is 6. The molecule has 24 heavy (non-hydrogen) atoms. The summed E-state index contributed by atoms with van der Waals surface area (Å²) in [4.78, 5) is 27.3. The molecule has 7 nitrogen and oxygen atoms in total. The van der Waals surface area contributed by atoms with Gasteiger partial charge in [-0.3, -0.25) is 9.59 Å². The predicted molar refractivity (Wildman–Crippen MR) is 90.2 cm³/mol. The Bertz CT molecular complexity index is 743. The molecular weight excluding hydrogens is 330 g/mol. The van der Waals surface area contributed by atoms with Crippen LogP contribution in [0.2, 0.25) is 0 Å². The highest BCUT2D eigenvalue weighted by molar-refractivity contribution is 8.15. The highest BCUT2D eigenvalue weighted by atomic mass is 32.2. The average molecular weight is 347 g/mol. The Morgan fingerprint density at radius 2 is 2.08 bits per heavy atom. The summed E-state index contributed by atoms with van der Waals surface area (Å²) in [6.45, 7) is 0. The Kier molecular flexibility index (Phi) is 3.64. The van der Waals surface area contributed by atoms with Crippen LogP contribution in [0.25, 0.3) is 0 Å². The lowest BCUT2D eigenvalue weighted by molar-refractivity contribution is -0.121. The number of carbonyl (C=O) groups excluding carboxylic acids is 2. The third kappa shape index (κ3) is 2.82. The molecule has 1 spiro atoms. The number of ether oxygens (including phenoxy) is 2. The van der Waals surface area contributed by atoms with Crippen LogP contribution in [0.1, 0.15) is 32.1 Å². The molecule has 126 valence electrons. The van der Waals surface area contributed by atoms with Crippen LogP contribution in [0, 0.1) is 0 Å². The first kappa shape index (κ1) is 15.3. The van der Waals surface area contributed by atoms with Gasteiger partial charge in [-0.25, -0.2) is 0 Å². The Morgan fingerprint density at radius 3 is 2.79 bits per heavy atom. The van der Waals surface area contributed by atoms with E-state index in [0.717, 1.165) is 37.4 Å². The van der Waals surface area contributed by atoms with Crippen LogP contribution in [-0.2, 0) is 9.59 Å². The van der Waals surface area contributed by atoms with Gasteiger partial charge in [0.2, 0.25) is 5.91 Å². The van der Waals surface area contributed by atoms with Crippen molar-refractivity contribution in [3.63, 3.8) is 0 Å². The minimum absolute atomic E-state index is 0.0338. The number of anilines is 1. The number of amidine groups is 1. The molecule has 1 aromatic rings. The number of rotatable bonds is 3. The average Bonchev–Trinajstić information content (AvgIpc) is 3.19. The fraction of sp³-hybridized carbons (Fsp3) is 0.438. The number of nitrogens with zero attached hydrogens (tertiary/aromatic N) is 1. The largest absolute Gasteiger partial charge is 0.448 e. The lowest BCUT2D eigenvalue weighted by Crippen LogP contribution is -2.34. The molecule has 8 heteroatoms. The Hall–Kier alpha value is -2.22. The molecule has 0 bridgehead atoms. The van der Waals surface area contributed by atoms with E-state index < -0.39 is 11.0 Å². The molecule has 2 amide bonds. The van der Waals surface area contributed by atoms with Gasteiger partial charge < -0.3 is 20.5 Å².